The number of sulfonamides is 1. The van der Waals surface area contributed by atoms with Gasteiger partial charge in [0.05, 0.1) is 11.5 Å². The van der Waals surface area contributed by atoms with Crippen LogP contribution in [0.5, 0.6) is 0 Å². The highest BCUT2D eigenvalue weighted by molar-refractivity contribution is 7.89. The van der Waals surface area contributed by atoms with Crippen molar-refractivity contribution in [3.05, 3.63) is 46.8 Å². The maximum Gasteiger partial charge on any atom is 0.416 e. The number of alkyl halides is 3. The summed E-state index contributed by atoms with van der Waals surface area (Å²) in [6, 6.07) is 4.85. The van der Waals surface area contributed by atoms with Gasteiger partial charge in [-0.25, -0.2) is 8.42 Å². The molecule has 2 fully saturated rings. The third-order valence-electron chi connectivity index (χ3n) is 6.20. The molecule has 1 atom stereocenters. The molecule has 1 saturated heterocycles. The van der Waals surface area contributed by atoms with Crippen molar-refractivity contribution in [2.75, 3.05) is 13.1 Å². The Morgan fingerprint density at radius 2 is 1.85 bits per heavy atom. The molecule has 7 nitrogen and oxygen atoms in total. The van der Waals surface area contributed by atoms with E-state index in [1.54, 1.807) is 18.7 Å². The fourth-order valence-corrected chi connectivity index (χ4v) is 6.15. The molecule has 0 N–H and O–H groups in total. The number of aromatic nitrogens is 1. The van der Waals surface area contributed by atoms with Crippen LogP contribution in [0.3, 0.4) is 0 Å². The molecular formula is C22H26F3N3O4S. The van der Waals surface area contributed by atoms with Crippen LogP contribution in [0.2, 0.25) is 0 Å². The monoisotopic (exact) mass is 485 g/mol. The van der Waals surface area contributed by atoms with Gasteiger partial charge in [0, 0.05) is 25.7 Å². The molecule has 0 bridgehead atoms. The first-order valence-corrected chi connectivity index (χ1v) is 12.3. The van der Waals surface area contributed by atoms with E-state index in [1.807, 2.05) is 0 Å². The van der Waals surface area contributed by atoms with Crippen LogP contribution < -0.4 is 0 Å². The van der Waals surface area contributed by atoms with Crippen LogP contribution in [0.25, 0.3) is 0 Å². The molecule has 2 aliphatic rings. The topological polar surface area (TPSA) is 83.7 Å². The lowest BCUT2D eigenvalue weighted by molar-refractivity contribution is -0.139. The average molecular weight is 486 g/mol. The van der Waals surface area contributed by atoms with Gasteiger partial charge in [0.2, 0.25) is 15.9 Å². The second-order valence-corrected chi connectivity index (χ2v) is 10.6. The van der Waals surface area contributed by atoms with Crippen LogP contribution in [-0.4, -0.2) is 47.8 Å². The second-order valence-electron chi connectivity index (χ2n) is 8.75. The summed E-state index contributed by atoms with van der Waals surface area (Å²) in [5.74, 6) is -0.456. The van der Waals surface area contributed by atoms with Gasteiger partial charge >= 0.3 is 6.18 Å². The maximum absolute atomic E-state index is 13.4. The van der Waals surface area contributed by atoms with Gasteiger partial charge in [0.1, 0.15) is 10.6 Å². The second kappa shape index (κ2) is 8.75. The zero-order valence-electron chi connectivity index (χ0n) is 18.4. The first-order valence-electron chi connectivity index (χ1n) is 10.9. The van der Waals surface area contributed by atoms with E-state index in [2.05, 4.69) is 5.16 Å². The van der Waals surface area contributed by atoms with E-state index < -0.39 is 27.7 Å². The molecule has 2 aromatic rings. The Morgan fingerprint density at radius 3 is 2.39 bits per heavy atom. The number of hydrogen-bond acceptors (Lipinski definition) is 5. The lowest BCUT2D eigenvalue weighted by Gasteiger charge is -2.34. The van der Waals surface area contributed by atoms with Gasteiger partial charge in [-0.05, 0) is 57.2 Å². The summed E-state index contributed by atoms with van der Waals surface area (Å²) in [7, 11) is -3.85. The SMILES string of the molecule is Cc1noc(C)c1S(=O)(=O)N1CCCC(C(=O)N(Cc2ccc(C(F)(F)F)cc2)C2CC2)C1. The molecular weight excluding hydrogens is 459 g/mol. The quantitative estimate of drug-likeness (QED) is 0.620. The summed E-state index contributed by atoms with van der Waals surface area (Å²) in [5.41, 5.74) is 0.158. The van der Waals surface area contributed by atoms with Gasteiger partial charge < -0.3 is 9.42 Å². The van der Waals surface area contributed by atoms with Gasteiger partial charge in [-0.2, -0.15) is 17.5 Å². The van der Waals surface area contributed by atoms with Crippen LogP contribution in [0.15, 0.2) is 33.7 Å². The largest absolute Gasteiger partial charge is 0.416 e. The average Bonchev–Trinajstić information content (AvgIpc) is 3.55. The number of amides is 1. The van der Waals surface area contributed by atoms with Crippen molar-refractivity contribution in [2.24, 2.45) is 5.92 Å². The minimum absolute atomic E-state index is 0.0364. The van der Waals surface area contributed by atoms with E-state index in [4.69, 9.17) is 4.52 Å². The Labute approximate surface area is 190 Å². The van der Waals surface area contributed by atoms with Crippen LogP contribution >= 0.6 is 0 Å². The number of hydrogen-bond donors (Lipinski definition) is 0. The van der Waals surface area contributed by atoms with E-state index in [0.29, 0.717) is 24.9 Å². The lowest BCUT2D eigenvalue weighted by Crippen LogP contribution is -2.47. The zero-order chi connectivity index (χ0) is 24.0. The zero-order valence-corrected chi connectivity index (χ0v) is 19.2. The maximum atomic E-state index is 13.4. The summed E-state index contributed by atoms with van der Waals surface area (Å²) in [4.78, 5) is 15.1. The van der Waals surface area contributed by atoms with Crippen LogP contribution in [0.4, 0.5) is 13.2 Å². The minimum Gasteiger partial charge on any atom is -0.360 e. The number of halogens is 3. The summed E-state index contributed by atoms with van der Waals surface area (Å²) < 4.78 is 71.3. The third-order valence-corrected chi connectivity index (χ3v) is 8.31. The first kappa shape index (κ1) is 23.7. The Morgan fingerprint density at radius 1 is 1.18 bits per heavy atom. The molecule has 0 spiro atoms. The number of rotatable bonds is 6. The van der Waals surface area contributed by atoms with E-state index in [0.717, 1.165) is 25.0 Å². The van der Waals surface area contributed by atoms with Gasteiger partial charge in [0.15, 0.2) is 5.76 Å². The van der Waals surface area contributed by atoms with Gasteiger partial charge in [-0.15, -0.1) is 0 Å². The number of carbonyl (C=O) groups is 1. The van der Waals surface area contributed by atoms with Crippen molar-refractivity contribution in [3.8, 4) is 0 Å². The summed E-state index contributed by atoms with van der Waals surface area (Å²) in [5, 5.41) is 3.73. The van der Waals surface area contributed by atoms with Crippen molar-refractivity contribution in [1.82, 2.24) is 14.4 Å². The lowest BCUT2D eigenvalue weighted by atomic mass is 9.97. The summed E-state index contributed by atoms with van der Waals surface area (Å²) >= 11 is 0. The van der Waals surface area contributed by atoms with Gasteiger partial charge in [-0.3, -0.25) is 4.79 Å². The van der Waals surface area contributed by atoms with Gasteiger partial charge in [0.25, 0.3) is 0 Å². The van der Waals surface area contributed by atoms with E-state index >= 15 is 0 Å². The molecule has 180 valence electrons. The molecule has 1 aromatic carbocycles. The summed E-state index contributed by atoms with van der Waals surface area (Å²) in [6.07, 6.45) is -1.65. The smallest absolute Gasteiger partial charge is 0.360 e. The van der Waals surface area contributed by atoms with E-state index in [-0.39, 0.29) is 41.4 Å². The van der Waals surface area contributed by atoms with Crippen molar-refractivity contribution in [3.63, 3.8) is 0 Å². The molecule has 0 radical (unpaired) electrons. The Kier molecular flexibility index (Phi) is 6.30. The standard InChI is InChI=1S/C22H26F3N3O4S/c1-14-20(15(2)32-26-14)33(30,31)27-11-3-4-17(13-27)21(29)28(19-9-10-19)12-16-5-7-18(8-6-16)22(23,24)25/h5-8,17,19H,3-4,9-13H2,1-2H3. The fourth-order valence-electron chi connectivity index (χ4n) is 4.34. The Hall–Kier alpha value is -2.40. The molecule has 1 unspecified atom stereocenters. The van der Waals surface area contributed by atoms with Crippen molar-refractivity contribution < 1.29 is 30.9 Å². The number of nitrogens with zero attached hydrogens (tertiary/aromatic N) is 3. The fraction of sp³-hybridized carbons (Fsp3) is 0.545. The normalized spacial score (nSPS) is 20.1. The van der Waals surface area contributed by atoms with Gasteiger partial charge in [-0.1, -0.05) is 17.3 Å². The Balaban J connectivity index is 1.50. The molecule has 1 aliphatic carbocycles. The predicted molar refractivity (Wildman–Crippen MR) is 112 cm³/mol. The third kappa shape index (κ3) is 4.93. The van der Waals surface area contributed by atoms with Crippen molar-refractivity contribution in [1.29, 1.82) is 0 Å². The van der Waals surface area contributed by atoms with Crippen LogP contribution in [0, 0.1) is 19.8 Å². The van der Waals surface area contributed by atoms with Crippen molar-refractivity contribution in [2.45, 2.75) is 63.2 Å². The molecule has 1 saturated carbocycles. The molecule has 1 amide bonds. The molecule has 2 heterocycles. The highest BCUT2D eigenvalue weighted by Gasteiger charge is 2.41. The molecule has 11 heteroatoms. The minimum atomic E-state index is -4.41. The highest BCUT2D eigenvalue weighted by atomic mass is 32.2. The van der Waals surface area contributed by atoms with E-state index in [9.17, 15) is 26.4 Å². The molecule has 1 aliphatic heterocycles. The molecule has 4 rings (SSSR count). The number of piperidine rings is 1. The number of benzene rings is 1. The van der Waals surface area contributed by atoms with Crippen LogP contribution in [0.1, 0.15) is 48.3 Å². The summed E-state index contributed by atoms with van der Waals surface area (Å²) in [6.45, 7) is 3.67. The number of aryl methyl sites for hydroxylation is 2. The van der Waals surface area contributed by atoms with Crippen LogP contribution in [-0.2, 0) is 27.5 Å². The predicted octanol–water partition coefficient (Wildman–Crippen LogP) is 3.90. The molecule has 33 heavy (non-hydrogen) atoms. The van der Waals surface area contributed by atoms with E-state index in [1.165, 1.54) is 16.4 Å². The Bertz CT molecular complexity index is 1110. The highest BCUT2D eigenvalue weighted by Crippen LogP contribution is 2.34. The number of carbonyl (C=O) groups excluding carboxylic acids is 1. The first-order chi connectivity index (χ1) is 15.5. The molecule has 1 aromatic heterocycles. The van der Waals surface area contributed by atoms with Crippen molar-refractivity contribution >= 4 is 15.9 Å².